The van der Waals surface area contributed by atoms with Gasteiger partial charge in [0.25, 0.3) is 0 Å². The number of nitrogens with one attached hydrogen (secondary N) is 2. The molecule has 6 aromatic rings. The molecular weight excluding hydrogens is 681 g/mol. The first kappa shape index (κ1) is 37.3. The minimum Gasteiger partial charge on any atom is -0.507 e. The first-order valence-corrected chi connectivity index (χ1v) is 17.9. The van der Waals surface area contributed by atoms with Gasteiger partial charge in [-0.05, 0) is 58.7 Å². The molecule has 0 aliphatic rings. The summed E-state index contributed by atoms with van der Waals surface area (Å²) < 4.78 is 0. The number of benzene rings is 6. The Labute approximate surface area is 314 Å². The molecule has 0 aliphatic heterocycles. The number of aromatic hydroxyl groups is 6. The Hall–Kier alpha value is -6.42. The van der Waals surface area contributed by atoms with E-state index in [0.717, 1.165) is 11.1 Å². The van der Waals surface area contributed by atoms with E-state index in [9.17, 15) is 30.6 Å². The number of aryl methyl sites for hydroxylation is 2. The minimum atomic E-state index is -0.440. The fourth-order valence-electron chi connectivity index (χ4n) is 7.31. The van der Waals surface area contributed by atoms with Gasteiger partial charge in [0.05, 0.1) is 36.6 Å². The third-order valence-corrected chi connectivity index (χ3v) is 9.81. The van der Waals surface area contributed by atoms with Crippen LogP contribution in [-0.2, 0) is 13.1 Å². The second-order valence-electron chi connectivity index (χ2n) is 14.2. The summed E-state index contributed by atoms with van der Waals surface area (Å²) in [7, 11) is 0. The number of hydrazone groups is 2. The van der Waals surface area contributed by atoms with E-state index in [1.807, 2.05) is 100 Å². The van der Waals surface area contributed by atoms with Crippen LogP contribution in [0.3, 0.4) is 0 Å². The second-order valence-corrected chi connectivity index (χ2v) is 14.2. The summed E-state index contributed by atoms with van der Waals surface area (Å²) in [4.78, 5) is 0. The molecular formula is C44H46N4O6. The zero-order valence-corrected chi connectivity index (χ0v) is 31.2. The second kappa shape index (κ2) is 15.3. The molecule has 0 saturated heterocycles. The molecule has 0 atom stereocenters. The van der Waals surface area contributed by atoms with Crippen LogP contribution in [0, 0.1) is 13.8 Å². The van der Waals surface area contributed by atoms with E-state index in [1.54, 1.807) is 13.8 Å². The Kier molecular flexibility index (Phi) is 10.6. The van der Waals surface area contributed by atoms with Crippen LogP contribution < -0.4 is 10.9 Å². The van der Waals surface area contributed by atoms with E-state index in [0.29, 0.717) is 46.1 Å². The van der Waals surface area contributed by atoms with Crippen molar-refractivity contribution in [3.63, 3.8) is 0 Å². The molecule has 0 radical (unpaired) electrons. The molecule has 6 aromatic carbocycles. The van der Waals surface area contributed by atoms with Gasteiger partial charge in [0.1, 0.15) is 11.5 Å². The molecule has 6 rings (SSSR count). The van der Waals surface area contributed by atoms with E-state index >= 15 is 0 Å². The Morgan fingerprint density at radius 3 is 1.20 bits per heavy atom. The Morgan fingerprint density at radius 1 is 0.519 bits per heavy atom. The molecule has 0 saturated carbocycles. The lowest BCUT2D eigenvalue weighted by molar-refractivity contribution is 0.398. The number of hydrogen-bond acceptors (Lipinski definition) is 10. The summed E-state index contributed by atoms with van der Waals surface area (Å²) in [5.41, 5.74) is 10.7. The molecule has 0 fully saturated rings. The third-order valence-electron chi connectivity index (χ3n) is 9.81. The first-order chi connectivity index (χ1) is 25.8. The third kappa shape index (κ3) is 6.78. The topological polar surface area (TPSA) is 170 Å². The van der Waals surface area contributed by atoms with Gasteiger partial charge in [-0.25, -0.2) is 0 Å². The number of phenolic OH excluding ortho intramolecular Hbond substituents is 6. The predicted molar refractivity (Wildman–Crippen MR) is 216 cm³/mol. The summed E-state index contributed by atoms with van der Waals surface area (Å²) in [5.74, 6) is -2.44. The number of rotatable bonds is 11. The van der Waals surface area contributed by atoms with Gasteiger partial charge >= 0.3 is 0 Å². The molecule has 0 aromatic heterocycles. The van der Waals surface area contributed by atoms with Crippen LogP contribution in [0.1, 0.15) is 84.0 Å². The highest BCUT2D eigenvalue weighted by molar-refractivity contribution is 6.15. The molecule has 0 spiro atoms. The van der Waals surface area contributed by atoms with Crippen LogP contribution in [-0.4, -0.2) is 43.1 Å². The van der Waals surface area contributed by atoms with Gasteiger partial charge in [0.2, 0.25) is 0 Å². The van der Waals surface area contributed by atoms with E-state index in [2.05, 4.69) is 21.1 Å². The monoisotopic (exact) mass is 726 g/mol. The Morgan fingerprint density at radius 2 is 0.870 bits per heavy atom. The summed E-state index contributed by atoms with van der Waals surface area (Å²) in [6, 6.07) is 22.9. The van der Waals surface area contributed by atoms with Crippen LogP contribution in [0.2, 0.25) is 0 Å². The van der Waals surface area contributed by atoms with Gasteiger partial charge in [0.15, 0.2) is 23.0 Å². The number of fused-ring (bicyclic) bond motifs is 2. The molecule has 54 heavy (non-hydrogen) atoms. The van der Waals surface area contributed by atoms with Gasteiger partial charge in [-0.1, -0.05) is 100 Å². The van der Waals surface area contributed by atoms with Crippen LogP contribution in [0.4, 0.5) is 0 Å². The van der Waals surface area contributed by atoms with Crippen LogP contribution in [0.15, 0.2) is 83.0 Å². The molecule has 8 N–H and O–H groups in total. The van der Waals surface area contributed by atoms with Gasteiger partial charge in [-0.2, -0.15) is 10.2 Å². The zero-order chi connectivity index (χ0) is 38.8. The maximum Gasteiger partial charge on any atom is 0.167 e. The van der Waals surface area contributed by atoms with Gasteiger partial charge < -0.3 is 41.5 Å². The van der Waals surface area contributed by atoms with Gasteiger partial charge in [0, 0.05) is 33.0 Å². The van der Waals surface area contributed by atoms with Crippen molar-refractivity contribution in [1.82, 2.24) is 10.9 Å². The number of phenols is 6. The molecule has 10 heteroatoms. The molecule has 0 unspecified atom stereocenters. The highest BCUT2D eigenvalue weighted by atomic mass is 16.3. The molecule has 278 valence electrons. The molecule has 10 nitrogen and oxygen atoms in total. The lowest BCUT2D eigenvalue weighted by atomic mass is 9.83. The molecule has 0 heterocycles. The number of nitrogens with zero attached hydrogens (tertiary/aromatic N) is 2. The average Bonchev–Trinajstić information content (AvgIpc) is 3.13. The van der Waals surface area contributed by atoms with Crippen LogP contribution in [0.25, 0.3) is 32.7 Å². The Bertz CT molecular complexity index is 2250. The maximum atomic E-state index is 12.3. The van der Waals surface area contributed by atoms with Crippen LogP contribution in [0.5, 0.6) is 34.5 Å². The van der Waals surface area contributed by atoms with E-state index < -0.39 is 11.5 Å². The fourth-order valence-corrected chi connectivity index (χ4v) is 7.31. The van der Waals surface area contributed by atoms with Crippen molar-refractivity contribution in [2.45, 2.75) is 66.5 Å². The van der Waals surface area contributed by atoms with E-state index in [1.165, 1.54) is 12.4 Å². The summed E-state index contributed by atoms with van der Waals surface area (Å²) in [6.07, 6.45) is 2.73. The van der Waals surface area contributed by atoms with Crippen molar-refractivity contribution in [3.8, 4) is 45.6 Å². The average molecular weight is 727 g/mol. The SMILES string of the molecule is Cc1cc2c(C(C)C)c(O)c(O)c(/C=N/NCc3ccccc3)c2c(O)c1-c1c(C)cc2c(C(C)C)c(O)c(O)c(/C=N/NCc3ccccc3)c2c1O. The molecule has 0 aliphatic carbocycles. The quantitative estimate of drug-likeness (QED) is 0.0372. The standard InChI is InChI=1S/C44H46N4O6/c1-23(2)33-29-17-25(5)35(41(51)37(29)31(39(49)43(33)53)21-47-45-19-27-13-9-7-10-14-27)36-26(6)18-30-34(24(3)4)44(54)40(50)32(38(30)42(36)52)22-48-46-20-28-15-11-8-12-16-28/h7-18,21-24,45-46,49-54H,19-20H2,1-6H3/b47-21+,48-22+. The van der Waals surface area contributed by atoms with Crippen molar-refractivity contribution in [2.24, 2.45) is 10.2 Å². The van der Waals surface area contributed by atoms with Crippen molar-refractivity contribution in [3.05, 3.63) is 117 Å². The van der Waals surface area contributed by atoms with Gasteiger partial charge in [-0.3, -0.25) is 0 Å². The highest BCUT2D eigenvalue weighted by Gasteiger charge is 2.29. The maximum absolute atomic E-state index is 12.3. The van der Waals surface area contributed by atoms with Crippen molar-refractivity contribution in [2.75, 3.05) is 0 Å². The smallest absolute Gasteiger partial charge is 0.167 e. The van der Waals surface area contributed by atoms with Crippen molar-refractivity contribution in [1.29, 1.82) is 0 Å². The Balaban J connectivity index is 1.59. The summed E-state index contributed by atoms with van der Waals surface area (Å²) in [6.45, 7) is 11.9. The molecule has 0 bridgehead atoms. The predicted octanol–water partition coefficient (Wildman–Crippen LogP) is 9.00. The highest BCUT2D eigenvalue weighted by Crippen LogP contribution is 2.54. The summed E-state index contributed by atoms with van der Waals surface area (Å²) >= 11 is 0. The number of hydrogen-bond donors (Lipinski definition) is 8. The zero-order valence-electron chi connectivity index (χ0n) is 31.2. The first-order valence-electron chi connectivity index (χ1n) is 17.9. The van der Waals surface area contributed by atoms with Crippen LogP contribution >= 0.6 is 0 Å². The lowest BCUT2D eigenvalue weighted by Crippen LogP contribution is -2.06. The fraction of sp³-hybridized carbons (Fsp3) is 0.227. The normalized spacial score (nSPS) is 11.9. The van der Waals surface area contributed by atoms with Gasteiger partial charge in [-0.15, -0.1) is 0 Å². The lowest BCUT2D eigenvalue weighted by Gasteiger charge is -2.23. The van der Waals surface area contributed by atoms with Crippen molar-refractivity contribution >= 4 is 34.0 Å². The van der Waals surface area contributed by atoms with Crippen molar-refractivity contribution < 1.29 is 30.6 Å². The minimum absolute atomic E-state index is 0.0890. The summed E-state index contributed by atoms with van der Waals surface area (Å²) in [5, 5.41) is 80.1. The molecule has 0 amide bonds. The largest absolute Gasteiger partial charge is 0.507 e. The van der Waals surface area contributed by atoms with E-state index in [4.69, 9.17) is 0 Å². The van der Waals surface area contributed by atoms with E-state index in [-0.39, 0.29) is 67.9 Å².